The van der Waals surface area contributed by atoms with Gasteiger partial charge in [-0.3, -0.25) is 4.98 Å². The van der Waals surface area contributed by atoms with Crippen molar-refractivity contribution in [2.45, 2.75) is 20.0 Å². The molecule has 0 saturated heterocycles. The molecule has 0 amide bonds. The number of rotatable bonds is 2. The zero-order chi connectivity index (χ0) is 9.14. The quantitative estimate of drug-likeness (QED) is 0.579. The number of nitrogens with zero attached hydrogens (tertiary/aromatic N) is 1. The van der Waals surface area contributed by atoms with Gasteiger partial charge in [0.1, 0.15) is 5.75 Å². The number of aromatic hydroxyl groups is 1. The highest BCUT2D eigenvalue weighted by atomic mass is 16.3. The Morgan fingerprint density at radius 3 is 2.58 bits per heavy atom. The number of hydrogen-bond acceptors (Lipinski definition) is 4. The lowest BCUT2D eigenvalue weighted by molar-refractivity contribution is 0.459. The molecule has 4 heteroatoms. The van der Waals surface area contributed by atoms with Gasteiger partial charge in [0.2, 0.25) is 0 Å². The fourth-order valence-electron chi connectivity index (χ4n) is 1.09. The second kappa shape index (κ2) is 3.51. The molecule has 0 spiro atoms. The molecule has 12 heavy (non-hydrogen) atoms. The van der Waals surface area contributed by atoms with Crippen LogP contribution in [0.1, 0.15) is 16.8 Å². The molecule has 1 aromatic heterocycles. The molecule has 0 aliphatic heterocycles. The lowest BCUT2D eigenvalue weighted by Gasteiger charge is -2.08. The average molecular weight is 167 g/mol. The maximum absolute atomic E-state index is 9.51. The molecule has 0 bridgehead atoms. The molecule has 1 heterocycles. The highest BCUT2D eigenvalue weighted by Gasteiger charge is 2.08. The molecule has 0 aromatic carbocycles. The van der Waals surface area contributed by atoms with Gasteiger partial charge < -0.3 is 16.6 Å². The van der Waals surface area contributed by atoms with E-state index < -0.39 is 0 Å². The minimum atomic E-state index is 0.167. The van der Waals surface area contributed by atoms with Gasteiger partial charge in [-0.15, -0.1) is 0 Å². The van der Waals surface area contributed by atoms with Crippen LogP contribution in [0.25, 0.3) is 0 Å². The number of pyridine rings is 1. The maximum Gasteiger partial charge on any atom is 0.141 e. The first kappa shape index (κ1) is 8.96. The molecule has 0 fully saturated rings. The van der Waals surface area contributed by atoms with Crippen molar-refractivity contribution in [3.05, 3.63) is 23.0 Å². The van der Waals surface area contributed by atoms with Crippen molar-refractivity contribution in [3.63, 3.8) is 0 Å². The summed E-state index contributed by atoms with van der Waals surface area (Å²) in [7, 11) is 0. The number of aryl methyl sites for hydroxylation is 1. The van der Waals surface area contributed by atoms with Crippen molar-refractivity contribution in [2.75, 3.05) is 0 Å². The van der Waals surface area contributed by atoms with Crippen molar-refractivity contribution >= 4 is 0 Å². The van der Waals surface area contributed by atoms with E-state index in [2.05, 4.69) is 4.98 Å². The molecular formula is C8H13N3O. The molecule has 0 atom stereocenters. The van der Waals surface area contributed by atoms with Gasteiger partial charge in [0.25, 0.3) is 0 Å². The first-order valence-corrected chi connectivity index (χ1v) is 3.77. The van der Waals surface area contributed by atoms with Crippen molar-refractivity contribution in [2.24, 2.45) is 11.5 Å². The van der Waals surface area contributed by atoms with Crippen molar-refractivity contribution < 1.29 is 5.11 Å². The van der Waals surface area contributed by atoms with Gasteiger partial charge in [-0.05, 0) is 12.5 Å². The smallest absolute Gasteiger partial charge is 0.141 e. The van der Waals surface area contributed by atoms with Gasteiger partial charge >= 0.3 is 0 Å². The van der Waals surface area contributed by atoms with Crippen LogP contribution in [0.15, 0.2) is 6.20 Å². The Morgan fingerprint density at radius 2 is 2.08 bits per heavy atom. The summed E-state index contributed by atoms with van der Waals surface area (Å²) < 4.78 is 0. The topological polar surface area (TPSA) is 85.2 Å². The zero-order valence-corrected chi connectivity index (χ0v) is 7.04. The van der Waals surface area contributed by atoms with Gasteiger partial charge in [0.15, 0.2) is 0 Å². The lowest BCUT2D eigenvalue weighted by Crippen LogP contribution is -2.07. The number of hydrogen-bond donors (Lipinski definition) is 3. The first-order valence-electron chi connectivity index (χ1n) is 3.77. The Labute approximate surface area is 71.2 Å². The van der Waals surface area contributed by atoms with Crippen LogP contribution in [0.2, 0.25) is 0 Å². The number of aromatic nitrogens is 1. The third-order valence-corrected chi connectivity index (χ3v) is 1.85. The fraction of sp³-hybridized carbons (Fsp3) is 0.375. The monoisotopic (exact) mass is 167 g/mol. The largest absolute Gasteiger partial charge is 0.506 e. The van der Waals surface area contributed by atoms with Crippen LogP contribution >= 0.6 is 0 Å². The van der Waals surface area contributed by atoms with Crippen LogP contribution < -0.4 is 11.5 Å². The van der Waals surface area contributed by atoms with E-state index in [1.54, 1.807) is 13.1 Å². The Kier molecular flexibility index (Phi) is 2.62. The summed E-state index contributed by atoms with van der Waals surface area (Å²) >= 11 is 0. The van der Waals surface area contributed by atoms with E-state index in [1.807, 2.05) is 0 Å². The molecule has 0 aliphatic rings. The molecule has 1 aromatic rings. The standard InChI is InChI=1S/C8H13N3O/c1-5-8(12)7(3-10)6(2-9)4-11-5/h4,12H,2-3,9-10H2,1H3. The van der Waals surface area contributed by atoms with Crippen LogP contribution in [-0.4, -0.2) is 10.1 Å². The zero-order valence-electron chi connectivity index (χ0n) is 7.04. The SMILES string of the molecule is Cc1ncc(CN)c(CN)c1O. The molecule has 4 nitrogen and oxygen atoms in total. The molecule has 66 valence electrons. The Hall–Kier alpha value is -1.13. The van der Waals surface area contributed by atoms with Crippen LogP contribution in [0.3, 0.4) is 0 Å². The minimum Gasteiger partial charge on any atom is -0.506 e. The van der Waals surface area contributed by atoms with E-state index in [1.165, 1.54) is 0 Å². The summed E-state index contributed by atoms with van der Waals surface area (Å²) in [5.74, 6) is 0.167. The molecule has 0 radical (unpaired) electrons. The third-order valence-electron chi connectivity index (χ3n) is 1.85. The molecule has 0 saturated carbocycles. The molecule has 1 rings (SSSR count). The summed E-state index contributed by atoms with van der Waals surface area (Å²) in [6.45, 7) is 2.38. The van der Waals surface area contributed by atoms with E-state index in [-0.39, 0.29) is 5.75 Å². The molecule has 5 N–H and O–H groups in total. The maximum atomic E-state index is 9.51. The van der Waals surface area contributed by atoms with Crippen molar-refractivity contribution in [3.8, 4) is 5.75 Å². The third kappa shape index (κ3) is 1.39. The average Bonchev–Trinajstić information content (AvgIpc) is 2.09. The summed E-state index contributed by atoms with van der Waals surface area (Å²) in [5, 5.41) is 9.51. The summed E-state index contributed by atoms with van der Waals surface area (Å²) in [4.78, 5) is 3.97. The van der Waals surface area contributed by atoms with Gasteiger partial charge in [-0.2, -0.15) is 0 Å². The lowest BCUT2D eigenvalue weighted by atomic mass is 10.1. The number of nitrogens with two attached hydrogens (primary N) is 2. The fourth-order valence-corrected chi connectivity index (χ4v) is 1.09. The van der Waals surface area contributed by atoms with Crippen molar-refractivity contribution in [1.29, 1.82) is 0 Å². The second-order valence-electron chi connectivity index (χ2n) is 2.60. The highest BCUT2D eigenvalue weighted by molar-refractivity contribution is 5.40. The van der Waals surface area contributed by atoms with E-state index >= 15 is 0 Å². The first-order chi connectivity index (χ1) is 5.70. The van der Waals surface area contributed by atoms with Gasteiger partial charge in [-0.25, -0.2) is 0 Å². The summed E-state index contributed by atoms with van der Waals surface area (Å²) in [5.41, 5.74) is 13.0. The highest BCUT2D eigenvalue weighted by Crippen LogP contribution is 2.22. The van der Waals surface area contributed by atoms with Gasteiger partial charge in [0.05, 0.1) is 5.69 Å². The van der Waals surface area contributed by atoms with E-state index in [9.17, 15) is 5.11 Å². The molecule has 0 unspecified atom stereocenters. The summed E-state index contributed by atoms with van der Waals surface area (Å²) in [6, 6.07) is 0. The predicted molar refractivity (Wildman–Crippen MR) is 46.4 cm³/mol. The second-order valence-corrected chi connectivity index (χ2v) is 2.60. The van der Waals surface area contributed by atoms with E-state index in [0.717, 1.165) is 5.56 Å². The van der Waals surface area contributed by atoms with E-state index in [0.29, 0.717) is 24.3 Å². The summed E-state index contributed by atoms with van der Waals surface area (Å²) in [6.07, 6.45) is 1.65. The van der Waals surface area contributed by atoms with Crippen molar-refractivity contribution in [1.82, 2.24) is 4.98 Å². The van der Waals surface area contributed by atoms with Crippen LogP contribution in [0.5, 0.6) is 5.75 Å². The Balaban J connectivity index is 3.25. The van der Waals surface area contributed by atoms with Crippen LogP contribution in [0.4, 0.5) is 0 Å². The predicted octanol–water partition coefficient (Wildman–Crippen LogP) is 0.0130. The minimum absolute atomic E-state index is 0.167. The van der Waals surface area contributed by atoms with Crippen LogP contribution in [-0.2, 0) is 13.1 Å². The van der Waals surface area contributed by atoms with Crippen LogP contribution in [0, 0.1) is 6.92 Å². The Morgan fingerprint density at radius 1 is 1.42 bits per heavy atom. The Bertz CT molecular complexity index is 286. The van der Waals surface area contributed by atoms with E-state index in [4.69, 9.17) is 11.5 Å². The normalized spacial score (nSPS) is 10.2. The van der Waals surface area contributed by atoms with Gasteiger partial charge in [0, 0.05) is 24.8 Å². The molecule has 0 aliphatic carbocycles. The van der Waals surface area contributed by atoms with Gasteiger partial charge in [-0.1, -0.05) is 0 Å². The molecular weight excluding hydrogens is 154 g/mol.